The summed E-state index contributed by atoms with van der Waals surface area (Å²) >= 11 is 3.65. The molecule has 3 heteroatoms. The Morgan fingerprint density at radius 2 is 1.94 bits per heavy atom. The fraction of sp³-hybridized carbons (Fsp3) is 0.600. The van der Waals surface area contributed by atoms with Crippen molar-refractivity contribution in [2.45, 2.75) is 32.2 Å². The maximum Gasteiger partial charge on any atom is 0.0377 e. The highest BCUT2D eigenvalue weighted by molar-refractivity contribution is 9.10. The van der Waals surface area contributed by atoms with Gasteiger partial charge in [0.1, 0.15) is 0 Å². The predicted octanol–water partition coefficient (Wildman–Crippen LogP) is 3.71. The Morgan fingerprint density at radius 1 is 1.28 bits per heavy atom. The van der Waals surface area contributed by atoms with Crippen LogP contribution < -0.4 is 10.6 Å². The lowest BCUT2D eigenvalue weighted by Gasteiger charge is -2.21. The number of benzene rings is 1. The van der Waals surface area contributed by atoms with E-state index < -0.39 is 0 Å². The molecule has 3 atom stereocenters. The number of nitrogens with zero attached hydrogens (tertiary/aromatic N) is 1. The highest BCUT2D eigenvalue weighted by atomic mass is 79.9. The summed E-state index contributed by atoms with van der Waals surface area (Å²) in [5, 5.41) is 0. The summed E-state index contributed by atoms with van der Waals surface area (Å²) in [6.45, 7) is 4.52. The highest BCUT2D eigenvalue weighted by Gasteiger charge is 2.36. The Labute approximate surface area is 118 Å². The van der Waals surface area contributed by atoms with Gasteiger partial charge in [-0.15, -0.1) is 0 Å². The number of hydrogen-bond donors (Lipinski definition) is 1. The molecule has 2 fully saturated rings. The van der Waals surface area contributed by atoms with Crippen molar-refractivity contribution in [1.29, 1.82) is 0 Å². The van der Waals surface area contributed by atoms with E-state index in [1.807, 2.05) is 6.92 Å². The molecule has 98 valence electrons. The quantitative estimate of drug-likeness (QED) is 0.902. The smallest absolute Gasteiger partial charge is 0.0377 e. The number of fused-ring (bicyclic) bond motifs is 1. The van der Waals surface area contributed by atoms with E-state index in [1.54, 1.807) is 0 Å². The molecular weight excluding hydrogens is 288 g/mol. The van der Waals surface area contributed by atoms with Crippen LogP contribution in [0.25, 0.3) is 0 Å². The van der Waals surface area contributed by atoms with E-state index in [0.29, 0.717) is 0 Å². The molecule has 18 heavy (non-hydrogen) atoms. The molecule has 3 unspecified atom stereocenters. The van der Waals surface area contributed by atoms with Gasteiger partial charge in [0.05, 0.1) is 0 Å². The predicted molar refractivity (Wildman–Crippen MR) is 79.8 cm³/mol. The number of nitrogens with two attached hydrogens (primary N) is 1. The molecule has 2 N–H and O–H groups in total. The van der Waals surface area contributed by atoms with Crippen LogP contribution in [0.4, 0.5) is 5.69 Å². The minimum Gasteiger partial charge on any atom is -0.371 e. The first-order valence-electron chi connectivity index (χ1n) is 6.95. The Hall–Kier alpha value is -0.540. The van der Waals surface area contributed by atoms with Crippen LogP contribution in [-0.4, -0.2) is 13.1 Å². The second kappa shape index (κ2) is 4.86. The lowest BCUT2D eigenvalue weighted by molar-refractivity contribution is 0.494. The SMILES string of the molecule is CC(N)c1ccc(N2CC3CCCC3C2)cc1Br. The zero-order valence-electron chi connectivity index (χ0n) is 10.9. The van der Waals surface area contributed by atoms with Gasteiger partial charge in [-0.05, 0) is 49.3 Å². The van der Waals surface area contributed by atoms with Gasteiger partial charge >= 0.3 is 0 Å². The molecule has 1 heterocycles. The fourth-order valence-corrected chi connectivity index (χ4v) is 4.26. The lowest BCUT2D eigenvalue weighted by atomic mass is 10.0. The van der Waals surface area contributed by atoms with E-state index in [9.17, 15) is 0 Å². The van der Waals surface area contributed by atoms with Crippen LogP contribution in [-0.2, 0) is 0 Å². The normalized spacial score (nSPS) is 28.5. The van der Waals surface area contributed by atoms with E-state index in [1.165, 1.54) is 43.6 Å². The second-order valence-corrected chi connectivity index (χ2v) is 6.70. The molecule has 0 bridgehead atoms. The van der Waals surface area contributed by atoms with Gasteiger partial charge in [-0.2, -0.15) is 0 Å². The molecule has 1 aromatic rings. The fourth-order valence-electron chi connectivity index (χ4n) is 3.53. The minimum atomic E-state index is 0.0892. The summed E-state index contributed by atoms with van der Waals surface area (Å²) in [5.74, 6) is 1.88. The van der Waals surface area contributed by atoms with Crippen molar-refractivity contribution in [2.24, 2.45) is 17.6 Å². The standard InChI is InChI=1S/C15H21BrN2/c1-10(17)14-6-5-13(7-15(14)16)18-8-11-3-2-4-12(11)9-18/h5-7,10-12H,2-4,8-9,17H2,1H3. The molecule has 1 saturated heterocycles. The Bertz CT molecular complexity index is 432. The summed E-state index contributed by atoms with van der Waals surface area (Å²) in [4.78, 5) is 2.55. The van der Waals surface area contributed by atoms with Crippen molar-refractivity contribution in [1.82, 2.24) is 0 Å². The van der Waals surface area contributed by atoms with Crippen LogP contribution in [0.3, 0.4) is 0 Å². The third-order valence-electron chi connectivity index (χ3n) is 4.57. The maximum absolute atomic E-state index is 5.95. The first-order valence-corrected chi connectivity index (χ1v) is 7.74. The minimum absolute atomic E-state index is 0.0892. The van der Waals surface area contributed by atoms with Gasteiger partial charge < -0.3 is 10.6 Å². The first kappa shape index (κ1) is 12.5. The molecular formula is C15H21BrN2. The first-order chi connectivity index (χ1) is 8.65. The van der Waals surface area contributed by atoms with E-state index in [2.05, 4.69) is 39.0 Å². The molecule has 0 amide bonds. The Balaban J connectivity index is 1.79. The zero-order valence-corrected chi connectivity index (χ0v) is 12.5. The van der Waals surface area contributed by atoms with Gasteiger partial charge in [-0.1, -0.05) is 28.4 Å². The zero-order chi connectivity index (χ0) is 12.7. The lowest BCUT2D eigenvalue weighted by Crippen LogP contribution is -2.20. The third kappa shape index (κ3) is 2.19. The summed E-state index contributed by atoms with van der Waals surface area (Å²) in [6.07, 6.45) is 4.30. The summed E-state index contributed by atoms with van der Waals surface area (Å²) in [6, 6.07) is 6.72. The molecule has 1 aliphatic heterocycles. The molecule has 0 radical (unpaired) electrons. The second-order valence-electron chi connectivity index (χ2n) is 5.85. The van der Waals surface area contributed by atoms with Crippen molar-refractivity contribution in [3.63, 3.8) is 0 Å². The van der Waals surface area contributed by atoms with Crippen LogP contribution in [0.5, 0.6) is 0 Å². The van der Waals surface area contributed by atoms with Gasteiger partial charge in [-0.3, -0.25) is 0 Å². The molecule has 0 spiro atoms. The van der Waals surface area contributed by atoms with Gasteiger partial charge in [0.15, 0.2) is 0 Å². The van der Waals surface area contributed by atoms with E-state index >= 15 is 0 Å². The van der Waals surface area contributed by atoms with Gasteiger partial charge in [0.25, 0.3) is 0 Å². The van der Waals surface area contributed by atoms with Crippen molar-refractivity contribution >= 4 is 21.6 Å². The summed E-state index contributed by atoms with van der Waals surface area (Å²) in [7, 11) is 0. The van der Waals surface area contributed by atoms with Crippen molar-refractivity contribution in [3.05, 3.63) is 28.2 Å². The van der Waals surface area contributed by atoms with Crippen molar-refractivity contribution in [3.8, 4) is 0 Å². The third-order valence-corrected chi connectivity index (χ3v) is 5.25. The van der Waals surface area contributed by atoms with Gasteiger partial charge in [0.2, 0.25) is 0 Å². The number of hydrogen-bond acceptors (Lipinski definition) is 2. The van der Waals surface area contributed by atoms with E-state index in [-0.39, 0.29) is 6.04 Å². The molecule has 1 aliphatic carbocycles. The van der Waals surface area contributed by atoms with Gasteiger partial charge in [-0.25, -0.2) is 0 Å². The highest BCUT2D eigenvalue weighted by Crippen LogP contribution is 2.40. The monoisotopic (exact) mass is 308 g/mol. The average molecular weight is 309 g/mol. The topological polar surface area (TPSA) is 29.3 Å². The van der Waals surface area contributed by atoms with Crippen LogP contribution in [0.1, 0.15) is 37.8 Å². The molecule has 3 rings (SSSR count). The average Bonchev–Trinajstić information content (AvgIpc) is 2.87. The Morgan fingerprint density at radius 3 is 2.50 bits per heavy atom. The number of anilines is 1. The van der Waals surface area contributed by atoms with E-state index in [4.69, 9.17) is 5.73 Å². The van der Waals surface area contributed by atoms with Crippen molar-refractivity contribution < 1.29 is 0 Å². The van der Waals surface area contributed by atoms with E-state index in [0.717, 1.165) is 16.3 Å². The van der Waals surface area contributed by atoms with Crippen LogP contribution in [0, 0.1) is 11.8 Å². The maximum atomic E-state index is 5.95. The summed E-state index contributed by atoms with van der Waals surface area (Å²) in [5.41, 5.74) is 8.49. The van der Waals surface area contributed by atoms with Gasteiger partial charge in [0, 0.05) is 29.3 Å². The Kier molecular flexibility index (Phi) is 3.37. The molecule has 2 nitrogen and oxygen atoms in total. The largest absolute Gasteiger partial charge is 0.371 e. The molecule has 1 saturated carbocycles. The van der Waals surface area contributed by atoms with Crippen LogP contribution in [0.2, 0.25) is 0 Å². The number of rotatable bonds is 2. The molecule has 0 aromatic heterocycles. The van der Waals surface area contributed by atoms with Crippen LogP contribution in [0.15, 0.2) is 22.7 Å². The molecule has 2 aliphatic rings. The van der Waals surface area contributed by atoms with Crippen molar-refractivity contribution in [2.75, 3.05) is 18.0 Å². The molecule has 1 aromatic carbocycles. The van der Waals surface area contributed by atoms with Crippen LogP contribution >= 0.6 is 15.9 Å². The summed E-state index contributed by atoms with van der Waals surface area (Å²) < 4.78 is 1.15. The number of halogens is 1.